The molecule has 3 nitrogen and oxygen atoms in total. The predicted octanol–water partition coefficient (Wildman–Crippen LogP) is 1.05. The van der Waals surface area contributed by atoms with Gasteiger partial charge in [-0.25, -0.2) is 0 Å². The van der Waals surface area contributed by atoms with E-state index in [-0.39, 0.29) is 11.8 Å². The van der Waals surface area contributed by atoms with Crippen molar-refractivity contribution in [3.05, 3.63) is 12.2 Å². The Kier molecular flexibility index (Phi) is 7.30. The molecule has 0 radical (unpaired) electrons. The largest absolute Gasteiger partial charge is 0.352 e. The number of nitrogens with one attached hydrogen (secondary N) is 1. The highest BCUT2D eigenvalue weighted by molar-refractivity contribution is 5.78. The number of carbonyl (C=O) groups is 1. The van der Waals surface area contributed by atoms with Gasteiger partial charge in [-0.2, -0.15) is 0 Å². The van der Waals surface area contributed by atoms with Gasteiger partial charge < -0.3 is 11.1 Å². The Labute approximate surface area is 80.4 Å². The second kappa shape index (κ2) is 7.80. The van der Waals surface area contributed by atoms with Gasteiger partial charge in [0.05, 0.1) is 0 Å². The topological polar surface area (TPSA) is 55.1 Å². The lowest BCUT2D eigenvalue weighted by atomic mass is 10.1. The molecule has 0 aromatic heterocycles. The van der Waals surface area contributed by atoms with Gasteiger partial charge >= 0.3 is 0 Å². The first kappa shape index (κ1) is 12.2. The third kappa shape index (κ3) is 6.34. The molecule has 0 aliphatic heterocycles. The zero-order chi connectivity index (χ0) is 10.1. The van der Waals surface area contributed by atoms with E-state index < -0.39 is 0 Å². The van der Waals surface area contributed by atoms with Crippen LogP contribution in [-0.2, 0) is 4.79 Å². The molecule has 3 heteroatoms. The maximum absolute atomic E-state index is 11.3. The van der Waals surface area contributed by atoms with Crippen LogP contribution in [0.15, 0.2) is 12.2 Å². The van der Waals surface area contributed by atoms with Crippen molar-refractivity contribution in [2.75, 3.05) is 13.1 Å². The van der Waals surface area contributed by atoms with E-state index in [0.29, 0.717) is 13.1 Å². The summed E-state index contributed by atoms with van der Waals surface area (Å²) >= 11 is 0. The summed E-state index contributed by atoms with van der Waals surface area (Å²) in [5, 5.41) is 2.82. The van der Waals surface area contributed by atoms with Crippen molar-refractivity contribution in [2.24, 2.45) is 11.7 Å². The Hall–Kier alpha value is -0.830. The highest BCUT2D eigenvalue weighted by Crippen LogP contribution is 2.03. The van der Waals surface area contributed by atoms with E-state index in [9.17, 15) is 4.79 Å². The number of amides is 1. The molecule has 0 bridgehead atoms. The summed E-state index contributed by atoms with van der Waals surface area (Å²) in [4.78, 5) is 11.3. The zero-order valence-electron chi connectivity index (χ0n) is 8.55. The van der Waals surface area contributed by atoms with Gasteiger partial charge in [0, 0.05) is 19.0 Å². The van der Waals surface area contributed by atoms with Crippen LogP contribution in [0.2, 0.25) is 0 Å². The van der Waals surface area contributed by atoms with Crippen LogP contribution in [-0.4, -0.2) is 19.0 Å². The Bertz CT molecular complexity index is 166. The molecular weight excluding hydrogens is 164 g/mol. The number of hydrogen-bond acceptors (Lipinski definition) is 2. The van der Waals surface area contributed by atoms with E-state index in [4.69, 9.17) is 5.73 Å². The van der Waals surface area contributed by atoms with Gasteiger partial charge in [-0.15, -0.1) is 0 Å². The van der Waals surface area contributed by atoms with Gasteiger partial charge in [-0.05, 0) is 6.42 Å². The summed E-state index contributed by atoms with van der Waals surface area (Å²) in [5.74, 6) is 0.250. The highest BCUT2D eigenvalue weighted by atomic mass is 16.1. The fraction of sp³-hybridized carbons (Fsp3) is 0.700. The summed E-state index contributed by atoms with van der Waals surface area (Å²) in [6.07, 6.45) is 5.71. The third-order valence-corrected chi connectivity index (χ3v) is 1.87. The molecule has 76 valence electrons. The zero-order valence-corrected chi connectivity index (χ0v) is 8.55. The van der Waals surface area contributed by atoms with E-state index in [1.165, 1.54) is 0 Å². The Morgan fingerprint density at radius 3 is 2.77 bits per heavy atom. The molecule has 1 unspecified atom stereocenters. The average Bonchev–Trinajstić information content (AvgIpc) is 2.12. The van der Waals surface area contributed by atoms with Gasteiger partial charge in [0.1, 0.15) is 0 Å². The van der Waals surface area contributed by atoms with Gasteiger partial charge in [-0.1, -0.05) is 32.4 Å². The molecule has 0 aliphatic carbocycles. The molecule has 1 amide bonds. The minimum absolute atomic E-state index is 0.122. The maximum Gasteiger partial charge on any atom is 0.223 e. The molecule has 0 heterocycles. The van der Waals surface area contributed by atoms with Crippen molar-refractivity contribution in [3.63, 3.8) is 0 Å². The van der Waals surface area contributed by atoms with E-state index in [0.717, 1.165) is 12.8 Å². The first-order valence-electron chi connectivity index (χ1n) is 4.85. The smallest absolute Gasteiger partial charge is 0.223 e. The molecule has 0 saturated carbocycles. The molecule has 0 fully saturated rings. The molecule has 3 N–H and O–H groups in total. The summed E-state index contributed by atoms with van der Waals surface area (Å²) in [7, 11) is 0. The first-order valence-corrected chi connectivity index (χ1v) is 4.85. The van der Waals surface area contributed by atoms with Crippen molar-refractivity contribution in [3.8, 4) is 0 Å². The molecule has 0 rings (SSSR count). The predicted molar refractivity (Wildman–Crippen MR) is 55.3 cm³/mol. The van der Waals surface area contributed by atoms with Crippen LogP contribution < -0.4 is 11.1 Å². The highest BCUT2D eigenvalue weighted by Gasteiger charge is 2.09. The second-order valence-electron chi connectivity index (χ2n) is 3.14. The third-order valence-electron chi connectivity index (χ3n) is 1.87. The van der Waals surface area contributed by atoms with Crippen LogP contribution >= 0.6 is 0 Å². The van der Waals surface area contributed by atoms with Gasteiger partial charge in [-0.3, -0.25) is 4.79 Å². The van der Waals surface area contributed by atoms with Crippen LogP contribution in [0, 0.1) is 5.92 Å². The van der Waals surface area contributed by atoms with E-state index >= 15 is 0 Å². The standard InChI is InChI=1S/C10H20N2O/c1-3-6-9(2)10(13)12-8-5-4-7-11/h4-5,9H,3,6-8,11H2,1-2H3,(H,12,13)/b5-4+. The number of rotatable bonds is 6. The molecule has 1 atom stereocenters. The molecule has 0 aromatic carbocycles. The number of hydrogen-bond donors (Lipinski definition) is 2. The van der Waals surface area contributed by atoms with Crippen LogP contribution in [0.1, 0.15) is 26.7 Å². The SMILES string of the molecule is CCCC(C)C(=O)NC/C=C/CN. The lowest BCUT2D eigenvalue weighted by Crippen LogP contribution is -2.29. The van der Waals surface area contributed by atoms with Crippen molar-refractivity contribution in [2.45, 2.75) is 26.7 Å². The lowest BCUT2D eigenvalue weighted by molar-refractivity contribution is -0.124. The minimum atomic E-state index is 0.122. The molecule has 0 aromatic rings. The molecule has 0 aliphatic rings. The van der Waals surface area contributed by atoms with Gasteiger partial charge in [0.2, 0.25) is 5.91 Å². The van der Waals surface area contributed by atoms with Crippen LogP contribution in [0.3, 0.4) is 0 Å². The first-order chi connectivity index (χ1) is 6.22. The Balaban J connectivity index is 3.55. The Morgan fingerprint density at radius 2 is 2.23 bits per heavy atom. The molecule has 0 spiro atoms. The van der Waals surface area contributed by atoms with Crippen molar-refractivity contribution < 1.29 is 4.79 Å². The van der Waals surface area contributed by atoms with E-state index in [2.05, 4.69) is 12.2 Å². The minimum Gasteiger partial charge on any atom is -0.352 e. The quantitative estimate of drug-likeness (QED) is 0.606. The monoisotopic (exact) mass is 184 g/mol. The summed E-state index contributed by atoms with van der Waals surface area (Å²) < 4.78 is 0. The summed E-state index contributed by atoms with van der Waals surface area (Å²) in [6.45, 7) is 5.15. The summed E-state index contributed by atoms with van der Waals surface area (Å²) in [6, 6.07) is 0. The van der Waals surface area contributed by atoms with E-state index in [1.54, 1.807) is 0 Å². The van der Waals surface area contributed by atoms with Crippen molar-refractivity contribution >= 4 is 5.91 Å². The van der Waals surface area contributed by atoms with Gasteiger partial charge in [0.15, 0.2) is 0 Å². The fourth-order valence-electron chi connectivity index (χ4n) is 1.08. The maximum atomic E-state index is 11.3. The Morgan fingerprint density at radius 1 is 1.54 bits per heavy atom. The fourth-order valence-corrected chi connectivity index (χ4v) is 1.08. The molecule has 13 heavy (non-hydrogen) atoms. The number of carbonyl (C=O) groups excluding carboxylic acids is 1. The lowest BCUT2D eigenvalue weighted by Gasteiger charge is -2.08. The van der Waals surface area contributed by atoms with Crippen LogP contribution in [0.25, 0.3) is 0 Å². The van der Waals surface area contributed by atoms with Crippen LogP contribution in [0.5, 0.6) is 0 Å². The average molecular weight is 184 g/mol. The summed E-state index contributed by atoms with van der Waals surface area (Å²) in [5.41, 5.74) is 5.25. The van der Waals surface area contributed by atoms with Gasteiger partial charge in [0.25, 0.3) is 0 Å². The van der Waals surface area contributed by atoms with Crippen LogP contribution in [0.4, 0.5) is 0 Å². The number of nitrogens with two attached hydrogens (primary N) is 1. The van der Waals surface area contributed by atoms with Crippen molar-refractivity contribution in [1.82, 2.24) is 5.32 Å². The molecular formula is C10H20N2O. The second-order valence-corrected chi connectivity index (χ2v) is 3.14. The van der Waals surface area contributed by atoms with Crippen molar-refractivity contribution in [1.29, 1.82) is 0 Å². The van der Waals surface area contributed by atoms with E-state index in [1.807, 2.05) is 19.1 Å². The molecule has 0 saturated heterocycles. The normalized spacial score (nSPS) is 13.2.